The van der Waals surface area contributed by atoms with Crippen molar-refractivity contribution in [1.29, 1.82) is 0 Å². The van der Waals surface area contributed by atoms with Gasteiger partial charge < -0.3 is 9.84 Å². The van der Waals surface area contributed by atoms with Crippen LogP contribution in [0.25, 0.3) is 0 Å². The van der Waals surface area contributed by atoms with Crippen LogP contribution in [0.15, 0.2) is 24.3 Å². The summed E-state index contributed by atoms with van der Waals surface area (Å²) in [7, 11) is 2.14. The van der Waals surface area contributed by atoms with E-state index in [9.17, 15) is 5.11 Å². The van der Waals surface area contributed by atoms with E-state index in [1.54, 1.807) is 0 Å². The van der Waals surface area contributed by atoms with E-state index in [4.69, 9.17) is 4.74 Å². The van der Waals surface area contributed by atoms with Crippen LogP contribution in [0.1, 0.15) is 44.3 Å². The average molecular weight is 275 g/mol. The maximum Gasteiger partial charge on any atom is 0.125 e. The molecule has 0 saturated heterocycles. The Balaban J connectivity index is 1.72. The minimum atomic E-state index is -0.440. The highest BCUT2D eigenvalue weighted by atomic mass is 16.5. The normalized spacial score (nSPS) is 33.6. The molecule has 1 N–H and O–H groups in total. The van der Waals surface area contributed by atoms with Crippen molar-refractivity contribution >= 4 is 0 Å². The lowest BCUT2D eigenvalue weighted by Gasteiger charge is -2.42. The van der Waals surface area contributed by atoms with Crippen molar-refractivity contribution < 1.29 is 9.84 Å². The number of para-hydroxylation sites is 1. The van der Waals surface area contributed by atoms with Crippen LogP contribution in [0.2, 0.25) is 0 Å². The first-order chi connectivity index (χ1) is 9.66. The van der Waals surface area contributed by atoms with Crippen molar-refractivity contribution in [1.82, 2.24) is 4.90 Å². The fourth-order valence-corrected chi connectivity index (χ4v) is 3.59. The van der Waals surface area contributed by atoms with Gasteiger partial charge in [0, 0.05) is 11.6 Å². The molecule has 0 bridgehead atoms. The molecule has 0 aromatic heterocycles. The summed E-state index contributed by atoms with van der Waals surface area (Å²) in [6.45, 7) is 2.92. The fraction of sp³-hybridized carbons (Fsp3) is 0.647. The topological polar surface area (TPSA) is 32.7 Å². The Labute approximate surface area is 121 Å². The molecule has 2 atom stereocenters. The maximum atomic E-state index is 10.7. The molecule has 0 spiro atoms. The lowest BCUT2D eigenvalue weighted by Crippen LogP contribution is -2.49. The Kier molecular flexibility index (Phi) is 3.99. The van der Waals surface area contributed by atoms with Crippen molar-refractivity contribution in [3.63, 3.8) is 0 Å². The van der Waals surface area contributed by atoms with E-state index in [2.05, 4.69) is 18.9 Å². The second-order valence-corrected chi connectivity index (χ2v) is 6.44. The van der Waals surface area contributed by atoms with Crippen LogP contribution in [0.5, 0.6) is 5.75 Å². The highest BCUT2D eigenvalue weighted by Gasteiger charge is 2.35. The predicted molar refractivity (Wildman–Crippen MR) is 79.9 cm³/mol. The molecule has 0 amide bonds. The minimum Gasteiger partial charge on any atom is -0.491 e. The van der Waals surface area contributed by atoms with Gasteiger partial charge in [0.15, 0.2) is 0 Å². The van der Waals surface area contributed by atoms with Crippen molar-refractivity contribution in [2.45, 2.75) is 50.8 Å². The number of aliphatic hydroxyl groups excluding tert-OH is 1. The van der Waals surface area contributed by atoms with Crippen LogP contribution >= 0.6 is 0 Å². The summed E-state index contributed by atoms with van der Waals surface area (Å²) in [5.74, 6) is 1.69. The van der Waals surface area contributed by atoms with Crippen molar-refractivity contribution in [3.05, 3.63) is 29.8 Å². The summed E-state index contributed by atoms with van der Waals surface area (Å²) in [6, 6.07) is 8.50. The molecular formula is C17H25NO2. The van der Waals surface area contributed by atoms with Crippen molar-refractivity contribution in [3.8, 4) is 5.75 Å². The highest BCUT2D eigenvalue weighted by Crippen LogP contribution is 2.36. The van der Waals surface area contributed by atoms with Crippen LogP contribution < -0.4 is 4.74 Å². The number of fused-ring (bicyclic) bond motifs is 1. The molecular weight excluding hydrogens is 250 g/mol. The first-order valence-electron chi connectivity index (χ1n) is 7.78. The van der Waals surface area contributed by atoms with E-state index < -0.39 is 6.10 Å². The van der Waals surface area contributed by atoms with Gasteiger partial charge >= 0.3 is 0 Å². The molecule has 0 radical (unpaired) electrons. The van der Waals surface area contributed by atoms with E-state index >= 15 is 0 Å². The third-order valence-electron chi connectivity index (χ3n) is 5.10. The Morgan fingerprint density at radius 1 is 1.15 bits per heavy atom. The molecule has 2 unspecified atom stereocenters. The first-order valence-corrected chi connectivity index (χ1v) is 7.78. The van der Waals surface area contributed by atoms with Crippen LogP contribution in [0, 0.1) is 5.92 Å². The second-order valence-electron chi connectivity index (χ2n) is 6.44. The Morgan fingerprint density at radius 2 is 1.85 bits per heavy atom. The SMILES string of the molecule is CC1CCC(N(C)C2COc3ccccc3C2O)CC1. The molecule has 1 aliphatic carbocycles. The molecule has 1 saturated carbocycles. The van der Waals surface area contributed by atoms with Crippen LogP contribution in [0.4, 0.5) is 0 Å². The van der Waals surface area contributed by atoms with E-state index in [0.29, 0.717) is 12.6 Å². The zero-order chi connectivity index (χ0) is 14.1. The third kappa shape index (κ3) is 2.57. The number of ether oxygens (including phenoxy) is 1. The number of rotatable bonds is 2. The average Bonchev–Trinajstić information content (AvgIpc) is 2.48. The quantitative estimate of drug-likeness (QED) is 0.900. The number of nitrogens with zero attached hydrogens (tertiary/aromatic N) is 1. The van der Waals surface area contributed by atoms with Gasteiger partial charge in [0.2, 0.25) is 0 Å². The third-order valence-corrected chi connectivity index (χ3v) is 5.10. The Bertz CT molecular complexity index is 454. The number of hydrogen-bond donors (Lipinski definition) is 1. The molecule has 1 fully saturated rings. The fourth-order valence-electron chi connectivity index (χ4n) is 3.59. The number of hydrogen-bond acceptors (Lipinski definition) is 3. The van der Waals surface area contributed by atoms with E-state index in [1.165, 1.54) is 25.7 Å². The van der Waals surface area contributed by atoms with Gasteiger partial charge in [-0.05, 0) is 44.7 Å². The molecule has 1 aliphatic heterocycles. The Hall–Kier alpha value is -1.06. The van der Waals surface area contributed by atoms with E-state index in [-0.39, 0.29) is 6.04 Å². The lowest BCUT2D eigenvalue weighted by atomic mass is 9.85. The number of aliphatic hydroxyl groups is 1. The van der Waals surface area contributed by atoms with E-state index in [1.807, 2.05) is 24.3 Å². The van der Waals surface area contributed by atoms with E-state index in [0.717, 1.165) is 17.2 Å². The number of benzene rings is 1. The van der Waals surface area contributed by atoms with Gasteiger partial charge in [0.05, 0.1) is 6.04 Å². The summed E-state index contributed by atoms with van der Waals surface area (Å²) >= 11 is 0. The largest absolute Gasteiger partial charge is 0.491 e. The molecule has 3 rings (SSSR count). The van der Waals surface area contributed by atoms with Gasteiger partial charge in [0.25, 0.3) is 0 Å². The molecule has 1 aromatic carbocycles. The zero-order valence-electron chi connectivity index (χ0n) is 12.5. The summed E-state index contributed by atoms with van der Waals surface area (Å²) in [5.41, 5.74) is 0.930. The molecule has 3 nitrogen and oxygen atoms in total. The predicted octanol–water partition coefficient (Wildman–Crippen LogP) is 2.99. The van der Waals surface area contributed by atoms with Crippen molar-refractivity contribution in [2.75, 3.05) is 13.7 Å². The molecule has 2 aliphatic rings. The summed E-state index contributed by atoms with van der Waals surface area (Å²) < 4.78 is 5.84. The highest BCUT2D eigenvalue weighted by molar-refractivity contribution is 5.37. The second kappa shape index (κ2) is 5.74. The van der Waals surface area contributed by atoms with Gasteiger partial charge in [-0.2, -0.15) is 0 Å². The van der Waals surface area contributed by atoms with Gasteiger partial charge in [-0.3, -0.25) is 4.90 Å². The Morgan fingerprint density at radius 3 is 2.60 bits per heavy atom. The summed E-state index contributed by atoms with van der Waals surface area (Å²) in [5, 5.41) is 10.7. The molecule has 20 heavy (non-hydrogen) atoms. The number of likely N-dealkylation sites (N-methyl/N-ethyl adjacent to an activating group) is 1. The maximum absolute atomic E-state index is 10.7. The van der Waals surface area contributed by atoms with Gasteiger partial charge in [-0.15, -0.1) is 0 Å². The standard InChI is InChI=1S/C17H25NO2/c1-12-7-9-13(10-8-12)18(2)15-11-20-16-6-4-3-5-14(16)17(15)19/h3-6,12-13,15,17,19H,7-11H2,1-2H3. The molecule has 110 valence electrons. The summed E-state index contributed by atoms with van der Waals surface area (Å²) in [4.78, 5) is 2.35. The monoisotopic (exact) mass is 275 g/mol. The van der Waals surface area contributed by atoms with Gasteiger partial charge in [-0.25, -0.2) is 0 Å². The van der Waals surface area contributed by atoms with Crippen LogP contribution in [-0.4, -0.2) is 35.7 Å². The smallest absolute Gasteiger partial charge is 0.125 e. The van der Waals surface area contributed by atoms with Crippen LogP contribution in [0.3, 0.4) is 0 Å². The lowest BCUT2D eigenvalue weighted by molar-refractivity contribution is -0.0123. The first kappa shape index (κ1) is 13.9. The van der Waals surface area contributed by atoms with Gasteiger partial charge in [0.1, 0.15) is 18.5 Å². The zero-order valence-corrected chi connectivity index (χ0v) is 12.5. The molecule has 1 aromatic rings. The molecule has 1 heterocycles. The minimum absolute atomic E-state index is 0.0725. The van der Waals surface area contributed by atoms with Gasteiger partial charge in [-0.1, -0.05) is 25.1 Å². The molecule has 3 heteroatoms. The van der Waals surface area contributed by atoms with Crippen molar-refractivity contribution in [2.24, 2.45) is 5.92 Å². The van der Waals surface area contributed by atoms with Crippen LogP contribution in [-0.2, 0) is 0 Å². The summed E-state index contributed by atoms with van der Waals surface area (Å²) in [6.07, 6.45) is 4.64.